The third-order valence-corrected chi connectivity index (χ3v) is 6.57. The van der Waals surface area contributed by atoms with Gasteiger partial charge in [-0.2, -0.15) is 10.5 Å². The first-order valence-electron chi connectivity index (χ1n) is 8.03. The molecule has 4 rings (SSSR count). The number of amidine groups is 1. The quantitative estimate of drug-likeness (QED) is 0.751. The van der Waals surface area contributed by atoms with E-state index in [0.717, 1.165) is 26.1 Å². The number of para-hydroxylation sites is 1. The van der Waals surface area contributed by atoms with E-state index in [-0.39, 0.29) is 5.84 Å². The summed E-state index contributed by atoms with van der Waals surface area (Å²) in [4.78, 5) is 3.90. The zero-order valence-electron chi connectivity index (χ0n) is 13.9. The fourth-order valence-electron chi connectivity index (χ4n) is 3.42. The lowest BCUT2D eigenvalue weighted by Crippen LogP contribution is -2.40. The highest BCUT2D eigenvalue weighted by Gasteiger charge is 2.45. The van der Waals surface area contributed by atoms with Gasteiger partial charge >= 0.3 is 0 Å². The van der Waals surface area contributed by atoms with Crippen molar-refractivity contribution in [3.05, 3.63) is 64.7 Å². The number of fused-ring (bicyclic) bond motifs is 3. The van der Waals surface area contributed by atoms with Crippen molar-refractivity contribution in [1.82, 2.24) is 0 Å². The van der Waals surface area contributed by atoms with Gasteiger partial charge in [0.15, 0.2) is 0 Å². The first-order chi connectivity index (χ1) is 12.7. The van der Waals surface area contributed by atoms with Crippen molar-refractivity contribution in [1.29, 1.82) is 15.9 Å². The van der Waals surface area contributed by atoms with E-state index in [1.54, 1.807) is 16.7 Å². The number of thioether (sulfide) groups is 2. The molecule has 2 aliphatic rings. The van der Waals surface area contributed by atoms with Crippen LogP contribution in [0.2, 0.25) is 0 Å². The van der Waals surface area contributed by atoms with Gasteiger partial charge in [0.05, 0.1) is 23.4 Å². The average Bonchev–Trinajstić information content (AvgIpc) is 3.07. The maximum atomic E-state index is 9.92. The molecule has 2 heterocycles. The second kappa shape index (κ2) is 6.57. The maximum absolute atomic E-state index is 9.92. The van der Waals surface area contributed by atoms with Gasteiger partial charge in [-0.3, -0.25) is 10.3 Å². The molecule has 1 N–H and O–H groups in total. The standard InChI is InChI=1S/C20H14N4S2/c1-25-13-8-6-12(7-9-13)18-14(10-21)19(23)24-16-4-2-3-5-17(16)26-20(24)15(18)11-22/h2-9,14,18,23H,1H3. The highest BCUT2D eigenvalue weighted by molar-refractivity contribution is 8.03. The smallest absolute Gasteiger partial charge is 0.124 e. The fraction of sp³-hybridized carbons (Fsp3) is 0.150. The van der Waals surface area contributed by atoms with Gasteiger partial charge in [0.25, 0.3) is 0 Å². The van der Waals surface area contributed by atoms with Gasteiger partial charge in [-0.15, -0.1) is 11.8 Å². The van der Waals surface area contributed by atoms with Crippen LogP contribution in [0.5, 0.6) is 0 Å². The number of nitrogens with zero attached hydrogens (tertiary/aromatic N) is 3. The Bertz CT molecular complexity index is 1010. The Labute approximate surface area is 160 Å². The minimum atomic E-state index is -0.694. The average molecular weight is 374 g/mol. The highest BCUT2D eigenvalue weighted by Crippen LogP contribution is 2.53. The normalized spacial score (nSPS) is 21.0. The van der Waals surface area contributed by atoms with Gasteiger partial charge in [-0.05, 0) is 36.1 Å². The summed E-state index contributed by atoms with van der Waals surface area (Å²) < 4.78 is 0. The summed E-state index contributed by atoms with van der Waals surface area (Å²) >= 11 is 3.15. The number of nitrogens with one attached hydrogen (secondary N) is 1. The SMILES string of the molecule is CSc1ccc(C2C(C#N)=C3Sc4ccccc4N3C(=N)C2C#N)cc1. The number of nitriles is 2. The molecule has 2 aliphatic heterocycles. The Morgan fingerprint density at radius 3 is 2.50 bits per heavy atom. The number of anilines is 1. The van der Waals surface area contributed by atoms with E-state index < -0.39 is 11.8 Å². The highest BCUT2D eigenvalue weighted by atomic mass is 32.2. The van der Waals surface area contributed by atoms with Crippen LogP contribution in [-0.4, -0.2) is 12.1 Å². The number of hydrogen-bond acceptors (Lipinski definition) is 5. The Kier molecular flexibility index (Phi) is 4.24. The van der Waals surface area contributed by atoms with Crippen LogP contribution in [0.1, 0.15) is 11.5 Å². The predicted molar refractivity (Wildman–Crippen MR) is 105 cm³/mol. The Morgan fingerprint density at radius 1 is 1.12 bits per heavy atom. The third-order valence-electron chi connectivity index (χ3n) is 4.66. The lowest BCUT2D eigenvalue weighted by molar-refractivity contribution is 0.697. The topological polar surface area (TPSA) is 74.7 Å². The van der Waals surface area contributed by atoms with Crippen LogP contribution in [0.15, 0.2) is 68.9 Å². The van der Waals surface area contributed by atoms with Crippen molar-refractivity contribution < 1.29 is 0 Å². The van der Waals surface area contributed by atoms with Crippen LogP contribution in [0.4, 0.5) is 5.69 Å². The minimum absolute atomic E-state index is 0.234. The van der Waals surface area contributed by atoms with Gasteiger partial charge in [-0.1, -0.05) is 36.0 Å². The molecule has 0 spiro atoms. The molecule has 26 heavy (non-hydrogen) atoms. The minimum Gasteiger partial charge on any atom is -0.290 e. The molecule has 0 saturated heterocycles. The van der Waals surface area contributed by atoms with Crippen molar-refractivity contribution in [3.63, 3.8) is 0 Å². The molecule has 0 aromatic heterocycles. The molecule has 2 unspecified atom stereocenters. The summed E-state index contributed by atoms with van der Waals surface area (Å²) in [5, 5.41) is 29.2. The van der Waals surface area contributed by atoms with E-state index in [9.17, 15) is 10.5 Å². The van der Waals surface area contributed by atoms with E-state index in [1.165, 1.54) is 11.8 Å². The number of benzene rings is 2. The van der Waals surface area contributed by atoms with Gasteiger partial charge in [0.2, 0.25) is 0 Å². The second-order valence-corrected chi connectivity index (χ2v) is 7.89. The predicted octanol–water partition coefficient (Wildman–Crippen LogP) is 4.97. The van der Waals surface area contributed by atoms with Crippen molar-refractivity contribution in [2.24, 2.45) is 5.92 Å². The monoisotopic (exact) mass is 374 g/mol. The van der Waals surface area contributed by atoms with E-state index in [1.807, 2.05) is 54.8 Å². The molecule has 2 aromatic carbocycles. The molecule has 2 atom stereocenters. The molecular weight excluding hydrogens is 360 g/mol. The largest absolute Gasteiger partial charge is 0.290 e. The zero-order chi connectivity index (χ0) is 18.3. The molecule has 0 fully saturated rings. The lowest BCUT2D eigenvalue weighted by Gasteiger charge is -2.35. The third kappa shape index (κ3) is 2.42. The summed E-state index contributed by atoms with van der Waals surface area (Å²) in [6.45, 7) is 0. The fourth-order valence-corrected chi connectivity index (χ4v) is 5.02. The van der Waals surface area contributed by atoms with Crippen LogP contribution in [0, 0.1) is 34.0 Å². The number of allylic oxidation sites excluding steroid dienone is 1. The summed E-state index contributed by atoms with van der Waals surface area (Å²) in [5.74, 6) is -0.875. The zero-order valence-corrected chi connectivity index (χ0v) is 15.6. The molecule has 0 aliphatic carbocycles. The van der Waals surface area contributed by atoms with E-state index in [4.69, 9.17) is 5.41 Å². The van der Waals surface area contributed by atoms with Crippen molar-refractivity contribution >= 4 is 35.0 Å². The molecule has 0 bridgehead atoms. The van der Waals surface area contributed by atoms with Crippen molar-refractivity contribution in [2.75, 3.05) is 11.2 Å². The molecule has 2 aromatic rings. The molecule has 0 saturated carbocycles. The summed E-state index contributed by atoms with van der Waals surface area (Å²) in [6.07, 6.45) is 2.01. The van der Waals surface area contributed by atoms with Gasteiger partial charge in [0, 0.05) is 15.7 Å². The number of rotatable bonds is 2. The van der Waals surface area contributed by atoms with Crippen LogP contribution in [0.25, 0.3) is 0 Å². The maximum Gasteiger partial charge on any atom is 0.124 e. The Morgan fingerprint density at radius 2 is 1.85 bits per heavy atom. The van der Waals surface area contributed by atoms with Crippen LogP contribution >= 0.6 is 23.5 Å². The lowest BCUT2D eigenvalue weighted by atomic mass is 9.78. The Hall–Kier alpha value is -2.67. The van der Waals surface area contributed by atoms with Crippen molar-refractivity contribution in [3.8, 4) is 12.1 Å². The van der Waals surface area contributed by atoms with Crippen molar-refractivity contribution in [2.45, 2.75) is 15.7 Å². The molecule has 0 amide bonds. The molecule has 126 valence electrons. The van der Waals surface area contributed by atoms with Crippen LogP contribution in [0.3, 0.4) is 0 Å². The molecule has 0 radical (unpaired) electrons. The van der Waals surface area contributed by atoms with Gasteiger partial charge < -0.3 is 0 Å². The number of hydrogen-bond donors (Lipinski definition) is 1. The second-order valence-electron chi connectivity index (χ2n) is 5.98. The summed E-state index contributed by atoms with van der Waals surface area (Å²) in [6, 6.07) is 20.3. The van der Waals surface area contributed by atoms with E-state index in [2.05, 4.69) is 12.1 Å². The van der Waals surface area contributed by atoms with Gasteiger partial charge in [-0.25, -0.2) is 0 Å². The molecule has 6 heteroatoms. The first-order valence-corrected chi connectivity index (χ1v) is 10.1. The van der Waals surface area contributed by atoms with E-state index in [0.29, 0.717) is 5.57 Å². The molecule has 4 nitrogen and oxygen atoms in total. The summed E-state index contributed by atoms with van der Waals surface area (Å²) in [5.41, 5.74) is 2.34. The molecular formula is C20H14N4S2. The van der Waals surface area contributed by atoms with Crippen LogP contribution in [-0.2, 0) is 0 Å². The summed E-state index contributed by atoms with van der Waals surface area (Å²) in [7, 11) is 0. The van der Waals surface area contributed by atoms with E-state index >= 15 is 0 Å². The first kappa shape index (κ1) is 16.8. The van der Waals surface area contributed by atoms with Gasteiger partial charge in [0.1, 0.15) is 16.8 Å². The van der Waals surface area contributed by atoms with Crippen LogP contribution < -0.4 is 4.90 Å². The Balaban J connectivity index is 1.90.